The summed E-state index contributed by atoms with van der Waals surface area (Å²) in [6.07, 6.45) is 0. The summed E-state index contributed by atoms with van der Waals surface area (Å²) in [5.74, 6) is -0.585. The number of anilines is 1. The monoisotopic (exact) mass is 283 g/mol. The van der Waals surface area contributed by atoms with Crippen molar-refractivity contribution >= 4 is 17.3 Å². The third-order valence-corrected chi connectivity index (χ3v) is 2.70. The molecule has 0 saturated carbocycles. The molecule has 0 spiro atoms. The van der Waals surface area contributed by atoms with Gasteiger partial charge in [0.15, 0.2) is 0 Å². The van der Waals surface area contributed by atoms with Gasteiger partial charge in [0.1, 0.15) is 29.7 Å². The number of ether oxygens (including phenoxy) is 1. The van der Waals surface area contributed by atoms with Gasteiger partial charge >= 0.3 is 0 Å². The van der Waals surface area contributed by atoms with E-state index in [0.29, 0.717) is 17.3 Å². The number of nitrogens with one attached hydrogen (secondary N) is 1. The van der Waals surface area contributed by atoms with Gasteiger partial charge in [0, 0.05) is 11.6 Å². The van der Waals surface area contributed by atoms with E-state index < -0.39 is 11.6 Å². The SMILES string of the molecule is Fc1cccc(F)c1NCCOc1ccc(Cl)cc1. The standard InChI is InChI=1S/C14H12ClF2NO/c15-10-4-6-11(7-5-10)19-9-8-18-14-12(16)2-1-3-13(14)17/h1-7,18H,8-9H2. The van der Waals surface area contributed by atoms with Crippen LogP contribution in [0, 0.1) is 11.6 Å². The number of halogens is 3. The lowest BCUT2D eigenvalue weighted by Gasteiger charge is -2.10. The van der Waals surface area contributed by atoms with E-state index in [9.17, 15) is 8.78 Å². The molecule has 0 heterocycles. The highest BCUT2D eigenvalue weighted by Gasteiger charge is 2.06. The molecule has 0 fully saturated rings. The van der Waals surface area contributed by atoms with E-state index in [1.807, 2.05) is 0 Å². The Morgan fingerprint density at radius 1 is 1.00 bits per heavy atom. The molecular weight excluding hydrogens is 272 g/mol. The Kier molecular flexibility index (Phi) is 4.58. The maximum atomic E-state index is 13.3. The van der Waals surface area contributed by atoms with Gasteiger partial charge in [-0.3, -0.25) is 0 Å². The predicted molar refractivity (Wildman–Crippen MR) is 71.8 cm³/mol. The van der Waals surface area contributed by atoms with Gasteiger partial charge in [0.2, 0.25) is 0 Å². The minimum Gasteiger partial charge on any atom is -0.492 e. The van der Waals surface area contributed by atoms with Crippen LogP contribution in [-0.4, -0.2) is 13.2 Å². The molecule has 2 aromatic carbocycles. The fourth-order valence-electron chi connectivity index (χ4n) is 1.54. The second-order valence-electron chi connectivity index (χ2n) is 3.83. The summed E-state index contributed by atoms with van der Waals surface area (Å²) in [7, 11) is 0. The van der Waals surface area contributed by atoms with Crippen molar-refractivity contribution in [2.75, 3.05) is 18.5 Å². The first-order valence-electron chi connectivity index (χ1n) is 5.73. The summed E-state index contributed by atoms with van der Waals surface area (Å²) >= 11 is 5.74. The van der Waals surface area contributed by atoms with E-state index in [1.54, 1.807) is 24.3 Å². The number of hydrogen-bond donors (Lipinski definition) is 1. The van der Waals surface area contributed by atoms with Gasteiger partial charge in [-0.1, -0.05) is 17.7 Å². The van der Waals surface area contributed by atoms with Crippen molar-refractivity contribution in [1.29, 1.82) is 0 Å². The molecule has 5 heteroatoms. The average molecular weight is 284 g/mol. The molecule has 0 radical (unpaired) electrons. The van der Waals surface area contributed by atoms with E-state index >= 15 is 0 Å². The molecule has 0 aliphatic rings. The summed E-state index contributed by atoms with van der Waals surface area (Å²) in [4.78, 5) is 0. The predicted octanol–water partition coefficient (Wildman–Crippen LogP) is 4.11. The number of para-hydroxylation sites is 1. The Morgan fingerprint density at radius 3 is 2.26 bits per heavy atom. The van der Waals surface area contributed by atoms with Crippen molar-refractivity contribution in [2.24, 2.45) is 0 Å². The van der Waals surface area contributed by atoms with Crippen molar-refractivity contribution in [3.05, 3.63) is 59.1 Å². The second-order valence-corrected chi connectivity index (χ2v) is 4.26. The minimum atomic E-state index is -0.619. The Bertz CT molecular complexity index is 525. The summed E-state index contributed by atoms with van der Waals surface area (Å²) in [5.41, 5.74) is -0.137. The van der Waals surface area contributed by atoms with Gasteiger partial charge < -0.3 is 10.1 Å². The van der Waals surface area contributed by atoms with Crippen LogP contribution in [0.1, 0.15) is 0 Å². The Balaban J connectivity index is 1.82. The van der Waals surface area contributed by atoms with Gasteiger partial charge in [-0.15, -0.1) is 0 Å². The van der Waals surface area contributed by atoms with Crippen LogP contribution in [0.4, 0.5) is 14.5 Å². The molecule has 1 N–H and O–H groups in total. The molecule has 0 aliphatic heterocycles. The molecule has 0 unspecified atom stereocenters. The third-order valence-electron chi connectivity index (χ3n) is 2.45. The molecular formula is C14H12ClF2NO. The van der Waals surface area contributed by atoms with Crippen LogP contribution in [0.3, 0.4) is 0 Å². The molecule has 0 atom stereocenters. The third kappa shape index (κ3) is 3.83. The molecule has 0 amide bonds. The Hall–Kier alpha value is -1.81. The van der Waals surface area contributed by atoms with Crippen LogP contribution >= 0.6 is 11.6 Å². The topological polar surface area (TPSA) is 21.3 Å². The van der Waals surface area contributed by atoms with E-state index in [-0.39, 0.29) is 12.3 Å². The summed E-state index contributed by atoms with van der Waals surface area (Å²) in [6.45, 7) is 0.579. The fraction of sp³-hybridized carbons (Fsp3) is 0.143. The van der Waals surface area contributed by atoms with Crippen LogP contribution in [0.5, 0.6) is 5.75 Å². The molecule has 0 aromatic heterocycles. The van der Waals surface area contributed by atoms with Gasteiger partial charge in [0.25, 0.3) is 0 Å². The zero-order chi connectivity index (χ0) is 13.7. The van der Waals surface area contributed by atoms with Crippen molar-refractivity contribution in [2.45, 2.75) is 0 Å². The number of benzene rings is 2. The number of rotatable bonds is 5. The van der Waals surface area contributed by atoms with Crippen molar-refractivity contribution in [3.8, 4) is 5.75 Å². The molecule has 2 nitrogen and oxygen atoms in total. The first kappa shape index (κ1) is 13.6. The van der Waals surface area contributed by atoms with Gasteiger partial charge in [0.05, 0.1) is 0 Å². The van der Waals surface area contributed by atoms with E-state index in [0.717, 1.165) is 0 Å². The van der Waals surface area contributed by atoms with E-state index in [4.69, 9.17) is 16.3 Å². The van der Waals surface area contributed by atoms with E-state index in [1.165, 1.54) is 18.2 Å². The molecule has 0 saturated heterocycles. The molecule has 2 rings (SSSR count). The molecule has 100 valence electrons. The first-order valence-corrected chi connectivity index (χ1v) is 6.11. The minimum absolute atomic E-state index is 0.137. The highest BCUT2D eigenvalue weighted by molar-refractivity contribution is 6.30. The zero-order valence-electron chi connectivity index (χ0n) is 10.00. The second kappa shape index (κ2) is 6.38. The highest BCUT2D eigenvalue weighted by atomic mass is 35.5. The normalized spacial score (nSPS) is 10.3. The maximum Gasteiger partial charge on any atom is 0.149 e. The smallest absolute Gasteiger partial charge is 0.149 e. The Labute approximate surface area is 115 Å². The largest absolute Gasteiger partial charge is 0.492 e. The summed E-state index contributed by atoms with van der Waals surface area (Å²) in [5, 5.41) is 3.29. The average Bonchev–Trinajstić information content (AvgIpc) is 2.39. The highest BCUT2D eigenvalue weighted by Crippen LogP contribution is 2.18. The summed E-state index contributed by atoms with van der Waals surface area (Å²) < 4.78 is 32.0. The van der Waals surface area contributed by atoms with Crippen LogP contribution in [0.25, 0.3) is 0 Å². The number of hydrogen-bond acceptors (Lipinski definition) is 2. The lowest BCUT2D eigenvalue weighted by atomic mass is 10.3. The van der Waals surface area contributed by atoms with Gasteiger partial charge in [-0.25, -0.2) is 8.78 Å². The summed E-state index contributed by atoms with van der Waals surface area (Å²) in [6, 6.07) is 10.6. The van der Waals surface area contributed by atoms with Crippen LogP contribution in [-0.2, 0) is 0 Å². The molecule has 19 heavy (non-hydrogen) atoms. The molecule has 0 aliphatic carbocycles. The van der Waals surface area contributed by atoms with Gasteiger partial charge in [-0.2, -0.15) is 0 Å². The van der Waals surface area contributed by atoms with Crippen molar-refractivity contribution in [3.63, 3.8) is 0 Å². The first-order chi connectivity index (χ1) is 9.16. The zero-order valence-corrected chi connectivity index (χ0v) is 10.8. The molecule has 2 aromatic rings. The van der Waals surface area contributed by atoms with Crippen LogP contribution in [0.2, 0.25) is 5.02 Å². The lowest BCUT2D eigenvalue weighted by molar-refractivity contribution is 0.332. The van der Waals surface area contributed by atoms with E-state index in [2.05, 4.69) is 5.32 Å². The lowest BCUT2D eigenvalue weighted by Crippen LogP contribution is -2.13. The maximum absolute atomic E-state index is 13.3. The van der Waals surface area contributed by atoms with Gasteiger partial charge in [-0.05, 0) is 36.4 Å². The quantitative estimate of drug-likeness (QED) is 0.834. The van der Waals surface area contributed by atoms with Crippen molar-refractivity contribution < 1.29 is 13.5 Å². The van der Waals surface area contributed by atoms with Crippen LogP contribution in [0.15, 0.2) is 42.5 Å². The Morgan fingerprint density at radius 2 is 1.63 bits per heavy atom. The fourth-order valence-corrected chi connectivity index (χ4v) is 1.67. The van der Waals surface area contributed by atoms with Crippen molar-refractivity contribution in [1.82, 2.24) is 0 Å². The van der Waals surface area contributed by atoms with Crippen LogP contribution < -0.4 is 10.1 Å². The molecule has 0 bridgehead atoms.